The van der Waals surface area contributed by atoms with Gasteiger partial charge in [0.15, 0.2) is 0 Å². The van der Waals surface area contributed by atoms with Crippen molar-refractivity contribution in [3.8, 4) is 0 Å². The topological polar surface area (TPSA) is 0 Å². The molecule has 0 aromatic rings. The minimum absolute atomic E-state index is 0. The molecule has 0 saturated carbocycles. The van der Waals surface area contributed by atoms with E-state index in [0.717, 1.165) is 12.0 Å². The molecule has 2 heterocycles. The molecule has 0 radical (unpaired) electrons. The van der Waals surface area contributed by atoms with Crippen molar-refractivity contribution in [2.45, 2.75) is 32.2 Å². The highest BCUT2D eigenvalue weighted by Crippen LogP contribution is 2.39. The third-order valence-corrected chi connectivity index (χ3v) is 4.38. The molecule has 0 bridgehead atoms. The zero-order valence-corrected chi connectivity index (χ0v) is 11.5. The summed E-state index contributed by atoms with van der Waals surface area (Å²) in [5, 5.41) is 1.19. The number of halogens is 2. The molecule has 0 spiro atoms. The van der Waals surface area contributed by atoms with Crippen molar-refractivity contribution in [1.29, 1.82) is 0 Å². The maximum atomic E-state index is 3.60. The fourth-order valence-corrected chi connectivity index (χ4v) is 4.07. The maximum absolute atomic E-state index is 3.60. The Balaban J connectivity index is 0.000000845. The van der Waals surface area contributed by atoms with Crippen LogP contribution >= 0.6 is 15.9 Å². The molecule has 1 nitrogen and oxygen atoms in total. The van der Waals surface area contributed by atoms with Crippen LogP contribution in [0.25, 0.3) is 0 Å². The summed E-state index contributed by atoms with van der Waals surface area (Å²) < 4.78 is 1.45. The lowest BCUT2D eigenvalue weighted by Crippen LogP contribution is -3.00. The molecular formula is C10H19Br2N. The number of fused-ring (bicyclic) bond motifs is 1. The van der Waals surface area contributed by atoms with Gasteiger partial charge in [0.1, 0.15) is 0 Å². The van der Waals surface area contributed by atoms with E-state index in [-0.39, 0.29) is 17.0 Å². The summed E-state index contributed by atoms with van der Waals surface area (Å²) in [6, 6.07) is 1.02. The maximum Gasteiger partial charge on any atom is 0.0920 e. The molecule has 2 aliphatic rings. The third-order valence-electron chi connectivity index (χ3n) is 4.02. The Labute approximate surface area is 100 Å². The summed E-state index contributed by atoms with van der Waals surface area (Å²) in [6.07, 6.45) is 4.44. The van der Waals surface area contributed by atoms with E-state index in [4.69, 9.17) is 0 Å². The van der Waals surface area contributed by atoms with E-state index in [1.165, 1.54) is 48.7 Å². The van der Waals surface area contributed by atoms with Crippen LogP contribution in [0, 0.1) is 5.92 Å². The molecule has 2 rings (SSSR count). The van der Waals surface area contributed by atoms with Crippen molar-refractivity contribution in [2.24, 2.45) is 5.92 Å². The summed E-state index contributed by atoms with van der Waals surface area (Å²) >= 11 is 3.60. The van der Waals surface area contributed by atoms with Crippen LogP contribution in [0.5, 0.6) is 0 Å². The zero-order valence-electron chi connectivity index (χ0n) is 8.31. The molecule has 3 heteroatoms. The Morgan fingerprint density at radius 1 is 1.31 bits per heavy atom. The Morgan fingerprint density at radius 3 is 2.77 bits per heavy atom. The quantitative estimate of drug-likeness (QED) is 0.472. The second-order valence-corrected chi connectivity index (χ2v) is 5.35. The fraction of sp³-hybridized carbons (Fsp3) is 1.00. The molecule has 2 fully saturated rings. The molecule has 2 aliphatic heterocycles. The first kappa shape index (κ1) is 12.0. The monoisotopic (exact) mass is 311 g/mol. The molecule has 0 N–H and O–H groups in total. The van der Waals surface area contributed by atoms with Crippen molar-refractivity contribution in [3.05, 3.63) is 0 Å². The Morgan fingerprint density at radius 2 is 2.08 bits per heavy atom. The minimum Gasteiger partial charge on any atom is -1.00 e. The predicted molar refractivity (Wildman–Crippen MR) is 55.5 cm³/mol. The predicted octanol–water partition coefficient (Wildman–Crippen LogP) is -0.596. The minimum atomic E-state index is 0. The van der Waals surface area contributed by atoms with E-state index in [2.05, 4.69) is 22.9 Å². The molecule has 0 aromatic heterocycles. The van der Waals surface area contributed by atoms with Gasteiger partial charge in [0.05, 0.1) is 31.0 Å². The first-order chi connectivity index (χ1) is 5.78. The van der Waals surface area contributed by atoms with Gasteiger partial charge in [-0.2, -0.15) is 0 Å². The van der Waals surface area contributed by atoms with Gasteiger partial charge < -0.3 is 21.5 Å². The Hall–Kier alpha value is 0.920. The van der Waals surface area contributed by atoms with Gasteiger partial charge in [0, 0.05) is 25.2 Å². The average molecular weight is 313 g/mol. The Bertz CT molecular complexity index is 170. The van der Waals surface area contributed by atoms with Crippen LogP contribution in [-0.4, -0.2) is 35.5 Å². The SMILES string of the molecule is C[C@H]1CC[N+]2(CCBr)CCC[C@@H]12.[Br-]. The normalized spacial score (nSPS) is 42.9. The van der Waals surface area contributed by atoms with Crippen LogP contribution in [0.2, 0.25) is 0 Å². The largest absolute Gasteiger partial charge is 1.00 e. The van der Waals surface area contributed by atoms with Gasteiger partial charge in [0.2, 0.25) is 0 Å². The Kier molecular flexibility index (Phi) is 4.27. The van der Waals surface area contributed by atoms with E-state index < -0.39 is 0 Å². The molecule has 3 atom stereocenters. The van der Waals surface area contributed by atoms with Gasteiger partial charge in [-0.3, -0.25) is 0 Å². The molecular weight excluding hydrogens is 294 g/mol. The number of alkyl halides is 1. The van der Waals surface area contributed by atoms with E-state index in [1.807, 2.05) is 0 Å². The zero-order chi connectivity index (χ0) is 8.60. The van der Waals surface area contributed by atoms with Crippen LogP contribution in [-0.2, 0) is 0 Å². The highest BCUT2D eigenvalue weighted by molar-refractivity contribution is 9.09. The lowest BCUT2D eigenvalue weighted by Gasteiger charge is -2.35. The van der Waals surface area contributed by atoms with Crippen molar-refractivity contribution in [2.75, 3.05) is 25.0 Å². The summed E-state index contributed by atoms with van der Waals surface area (Å²) in [4.78, 5) is 0. The van der Waals surface area contributed by atoms with Crippen LogP contribution in [0.4, 0.5) is 0 Å². The number of nitrogens with zero attached hydrogens (tertiary/aromatic N) is 1. The van der Waals surface area contributed by atoms with Gasteiger partial charge >= 0.3 is 0 Å². The highest BCUT2D eigenvalue weighted by atomic mass is 79.9. The lowest BCUT2D eigenvalue weighted by molar-refractivity contribution is -0.926. The van der Waals surface area contributed by atoms with Crippen molar-refractivity contribution in [1.82, 2.24) is 0 Å². The van der Waals surface area contributed by atoms with E-state index in [0.29, 0.717) is 0 Å². The second kappa shape index (κ2) is 4.63. The van der Waals surface area contributed by atoms with Crippen LogP contribution in [0.15, 0.2) is 0 Å². The van der Waals surface area contributed by atoms with Crippen LogP contribution in [0.3, 0.4) is 0 Å². The summed E-state index contributed by atoms with van der Waals surface area (Å²) in [5.74, 6) is 0.992. The van der Waals surface area contributed by atoms with Gasteiger partial charge in [-0.25, -0.2) is 0 Å². The molecule has 13 heavy (non-hydrogen) atoms. The average Bonchev–Trinajstić information content (AvgIpc) is 2.55. The molecule has 0 amide bonds. The van der Waals surface area contributed by atoms with Crippen LogP contribution < -0.4 is 17.0 Å². The van der Waals surface area contributed by atoms with Gasteiger partial charge in [-0.15, -0.1) is 0 Å². The molecule has 2 saturated heterocycles. The number of quaternary nitrogens is 1. The standard InChI is InChI=1S/C10H19BrN.BrH/c1-9-4-7-12(8-5-11)6-2-3-10(9)12;/h9-10H,2-8H2,1H3;1H/q+1;/p-1/t9-,10-,12?;/m0./s1. The van der Waals surface area contributed by atoms with Gasteiger partial charge in [-0.05, 0) is 0 Å². The fourth-order valence-electron chi connectivity index (χ4n) is 3.37. The number of hydrogen-bond acceptors (Lipinski definition) is 0. The third kappa shape index (κ3) is 1.98. The number of rotatable bonds is 2. The highest BCUT2D eigenvalue weighted by Gasteiger charge is 2.48. The molecule has 0 aliphatic carbocycles. The van der Waals surface area contributed by atoms with Gasteiger partial charge in [-0.1, -0.05) is 22.9 Å². The second-order valence-electron chi connectivity index (χ2n) is 4.55. The number of hydrogen-bond donors (Lipinski definition) is 0. The summed E-state index contributed by atoms with van der Waals surface area (Å²) in [6.45, 7) is 6.73. The first-order valence-electron chi connectivity index (χ1n) is 5.20. The van der Waals surface area contributed by atoms with Crippen molar-refractivity contribution >= 4 is 15.9 Å². The molecule has 0 aromatic carbocycles. The first-order valence-corrected chi connectivity index (χ1v) is 6.32. The summed E-state index contributed by atoms with van der Waals surface area (Å²) in [7, 11) is 0. The molecule has 1 unspecified atom stereocenters. The molecule has 78 valence electrons. The lowest BCUT2D eigenvalue weighted by atomic mass is 10.0. The summed E-state index contributed by atoms with van der Waals surface area (Å²) in [5.41, 5.74) is 0. The van der Waals surface area contributed by atoms with Crippen molar-refractivity contribution < 1.29 is 21.5 Å². The van der Waals surface area contributed by atoms with E-state index in [9.17, 15) is 0 Å². The van der Waals surface area contributed by atoms with E-state index >= 15 is 0 Å². The smallest absolute Gasteiger partial charge is 0.0920 e. The van der Waals surface area contributed by atoms with Crippen molar-refractivity contribution in [3.63, 3.8) is 0 Å². The van der Waals surface area contributed by atoms with Gasteiger partial charge in [0.25, 0.3) is 0 Å². The van der Waals surface area contributed by atoms with Crippen LogP contribution in [0.1, 0.15) is 26.2 Å². The van der Waals surface area contributed by atoms with E-state index in [1.54, 1.807) is 0 Å².